The summed E-state index contributed by atoms with van der Waals surface area (Å²) < 4.78 is 0. The fourth-order valence-electron chi connectivity index (χ4n) is 3.28. The molecule has 2 rings (SSSR count). The Morgan fingerprint density at radius 3 is 2.72 bits per heavy atom. The molecule has 2 N–H and O–H groups in total. The van der Waals surface area contributed by atoms with E-state index >= 15 is 0 Å². The Hall–Kier alpha value is -1.87. The van der Waals surface area contributed by atoms with Crippen LogP contribution in [0.5, 0.6) is 5.75 Å². The first-order valence-electron chi connectivity index (χ1n) is 9.45. The molecule has 0 saturated carbocycles. The van der Waals surface area contributed by atoms with Crippen molar-refractivity contribution in [1.29, 1.82) is 0 Å². The lowest BCUT2D eigenvalue weighted by Gasteiger charge is -2.10. The third-order valence-electron chi connectivity index (χ3n) is 4.81. The minimum Gasteiger partial charge on any atom is -0.508 e. The molecule has 0 heterocycles. The number of aliphatic hydroxyl groups is 1. The van der Waals surface area contributed by atoms with Crippen molar-refractivity contribution in [1.82, 2.24) is 0 Å². The molecule has 0 amide bonds. The molecule has 3 heteroatoms. The number of ketones is 1. The summed E-state index contributed by atoms with van der Waals surface area (Å²) in [6.07, 6.45) is 13.6. The van der Waals surface area contributed by atoms with E-state index in [0.29, 0.717) is 18.4 Å². The number of phenols is 1. The molecule has 0 bridgehead atoms. The number of allylic oxidation sites excluding steroid dienone is 1. The van der Waals surface area contributed by atoms with Crippen LogP contribution < -0.4 is 0 Å². The first-order chi connectivity index (χ1) is 12.0. The Morgan fingerprint density at radius 1 is 1.20 bits per heavy atom. The average Bonchev–Trinajstić information content (AvgIpc) is 2.95. The van der Waals surface area contributed by atoms with Crippen LogP contribution in [0, 0.1) is 0 Å². The van der Waals surface area contributed by atoms with Crippen molar-refractivity contribution < 1.29 is 15.0 Å². The SMILES string of the molecule is CCCCCCC/C=C/C(O)/C(C)=C\c1cc(O)cc2c1CCC2=O. The van der Waals surface area contributed by atoms with E-state index in [4.69, 9.17) is 0 Å². The van der Waals surface area contributed by atoms with Crippen molar-refractivity contribution in [2.24, 2.45) is 0 Å². The summed E-state index contributed by atoms with van der Waals surface area (Å²) in [6.45, 7) is 4.09. The number of hydrogen-bond acceptors (Lipinski definition) is 3. The highest BCUT2D eigenvalue weighted by molar-refractivity contribution is 6.01. The third-order valence-corrected chi connectivity index (χ3v) is 4.81. The van der Waals surface area contributed by atoms with Crippen molar-refractivity contribution >= 4 is 11.9 Å². The number of unbranched alkanes of at least 4 members (excludes halogenated alkanes) is 5. The van der Waals surface area contributed by atoms with Gasteiger partial charge < -0.3 is 10.2 Å². The van der Waals surface area contributed by atoms with E-state index < -0.39 is 6.10 Å². The van der Waals surface area contributed by atoms with E-state index in [-0.39, 0.29) is 11.5 Å². The zero-order chi connectivity index (χ0) is 18.2. The molecule has 0 spiro atoms. The molecule has 1 aliphatic rings. The summed E-state index contributed by atoms with van der Waals surface area (Å²) in [5.74, 6) is 0.187. The fraction of sp³-hybridized carbons (Fsp3) is 0.500. The summed E-state index contributed by atoms with van der Waals surface area (Å²) in [7, 11) is 0. The van der Waals surface area contributed by atoms with Gasteiger partial charge in [-0.25, -0.2) is 0 Å². The molecular weight excluding hydrogens is 312 g/mol. The van der Waals surface area contributed by atoms with E-state index in [0.717, 1.165) is 29.5 Å². The lowest BCUT2D eigenvalue weighted by atomic mass is 9.99. The van der Waals surface area contributed by atoms with Crippen LogP contribution in [-0.4, -0.2) is 22.1 Å². The van der Waals surface area contributed by atoms with Crippen molar-refractivity contribution in [2.45, 2.75) is 71.3 Å². The van der Waals surface area contributed by atoms with E-state index in [1.165, 1.54) is 25.7 Å². The minimum atomic E-state index is -0.634. The number of fused-ring (bicyclic) bond motifs is 1. The van der Waals surface area contributed by atoms with Gasteiger partial charge in [-0.3, -0.25) is 4.79 Å². The monoisotopic (exact) mass is 342 g/mol. The van der Waals surface area contributed by atoms with Gasteiger partial charge in [-0.15, -0.1) is 0 Å². The van der Waals surface area contributed by atoms with Crippen molar-refractivity contribution in [3.63, 3.8) is 0 Å². The van der Waals surface area contributed by atoms with Crippen molar-refractivity contribution in [2.75, 3.05) is 0 Å². The standard InChI is InChI=1S/C22H30O3/c1-3-4-5-6-7-8-9-10-21(24)16(2)13-17-14-18(23)15-20-19(17)11-12-22(20)25/h9-10,13-15,21,23-24H,3-8,11-12H2,1-2H3/b10-9+,16-13-. The molecular formula is C22H30O3. The average molecular weight is 342 g/mol. The number of benzene rings is 1. The first-order valence-corrected chi connectivity index (χ1v) is 9.45. The maximum Gasteiger partial charge on any atom is 0.163 e. The summed E-state index contributed by atoms with van der Waals surface area (Å²) in [5, 5.41) is 20.2. The van der Waals surface area contributed by atoms with Crippen LogP contribution in [0.3, 0.4) is 0 Å². The molecule has 0 aliphatic heterocycles. The number of aromatic hydroxyl groups is 1. The van der Waals surface area contributed by atoms with Gasteiger partial charge in [-0.05, 0) is 55.0 Å². The molecule has 1 aromatic rings. The number of aliphatic hydroxyl groups excluding tert-OH is 1. The Labute approximate surface area is 151 Å². The molecule has 0 fully saturated rings. The van der Waals surface area contributed by atoms with Gasteiger partial charge in [0.1, 0.15) is 5.75 Å². The highest BCUT2D eigenvalue weighted by Crippen LogP contribution is 2.31. The molecule has 1 aromatic carbocycles. The number of phenolic OH excluding ortho intramolecular Hbond substituents is 1. The maximum atomic E-state index is 11.9. The predicted octanol–water partition coefficient (Wildman–Crippen LogP) is 5.20. The van der Waals surface area contributed by atoms with Crippen LogP contribution in [0.25, 0.3) is 6.08 Å². The highest BCUT2D eigenvalue weighted by atomic mass is 16.3. The summed E-state index contributed by atoms with van der Waals surface area (Å²) in [6, 6.07) is 3.22. The first kappa shape index (κ1) is 19.5. The van der Waals surface area contributed by atoms with Gasteiger partial charge in [0.05, 0.1) is 6.10 Å². The van der Waals surface area contributed by atoms with Crippen LogP contribution in [0.4, 0.5) is 0 Å². The second-order valence-corrected chi connectivity index (χ2v) is 6.95. The van der Waals surface area contributed by atoms with Crippen LogP contribution in [0.2, 0.25) is 0 Å². The molecule has 1 unspecified atom stereocenters. The molecule has 1 aliphatic carbocycles. The molecule has 0 aromatic heterocycles. The van der Waals surface area contributed by atoms with E-state index in [9.17, 15) is 15.0 Å². The van der Waals surface area contributed by atoms with Gasteiger partial charge in [0, 0.05) is 12.0 Å². The molecule has 0 saturated heterocycles. The normalized spacial score (nSPS) is 15.8. The number of rotatable bonds is 9. The Kier molecular flexibility index (Phi) is 7.45. The van der Waals surface area contributed by atoms with Crippen molar-refractivity contribution in [3.05, 3.63) is 46.5 Å². The van der Waals surface area contributed by atoms with Gasteiger partial charge in [0.15, 0.2) is 5.78 Å². The number of carbonyl (C=O) groups is 1. The Bertz CT molecular complexity index is 655. The lowest BCUT2D eigenvalue weighted by molar-refractivity contribution is 0.0994. The summed E-state index contributed by atoms with van der Waals surface area (Å²) in [5.41, 5.74) is 3.25. The molecule has 25 heavy (non-hydrogen) atoms. The van der Waals surface area contributed by atoms with Gasteiger partial charge in [-0.2, -0.15) is 0 Å². The van der Waals surface area contributed by atoms with Gasteiger partial charge >= 0.3 is 0 Å². The Morgan fingerprint density at radius 2 is 1.96 bits per heavy atom. The summed E-state index contributed by atoms with van der Waals surface area (Å²) in [4.78, 5) is 11.9. The van der Waals surface area contributed by atoms with Crippen LogP contribution >= 0.6 is 0 Å². The second kappa shape index (κ2) is 9.57. The van der Waals surface area contributed by atoms with Gasteiger partial charge in [-0.1, -0.05) is 50.8 Å². The second-order valence-electron chi connectivity index (χ2n) is 6.95. The molecule has 1 atom stereocenters. The lowest BCUT2D eigenvalue weighted by Crippen LogP contribution is -2.04. The molecule has 136 valence electrons. The topological polar surface area (TPSA) is 57.5 Å². The van der Waals surface area contributed by atoms with Gasteiger partial charge in [0.2, 0.25) is 0 Å². The van der Waals surface area contributed by atoms with Crippen LogP contribution in [0.15, 0.2) is 29.9 Å². The predicted molar refractivity (Wildman–Crippen MR) is 103 cm³/mol. The summed E-state index contributed by atoms with van der Waals surface area (Å²) >= 11 is 0. The highest BCUT2D eigenvalue weighted by Gasteiger charge is 2.22. The maximum absolute atomic E-state index is 11.9. The van der Waals surface area contributed by atoms with Crippen molar-refractivity contribution in [3.8, 4) is 5.75 Å². The van der Waals surface area contributed by atoms with E-state index in [1.54, 1.807) is 12.1 Å². The fourth-order valence-corrected chi connectivity index (χ4v) is 3.28. The third kappa shape index (κ3) is 5.57. The largest absolute Gasteiger partial charge is 0.508 e. The number of carbonyl (C=O) groups excluding carboxylic acids is 1. The van der Waals surface area contributed by atoms with Crippen LogP contribution in [-0.2, 0) is 6.42 Å². The smallest absolute Gasteiger partial charge is 0.163 e. The van der Waals surface area contributed by atoms with E-state index in [2.05, 4.69) is 6.92 Å². The minimum absolute atomic E-state index is 0.0849. The van der Waals surface area contributed by atoms with E-state index in [1.807, 2.05) is 25.2 Å². The molecule has 3 nitrogen and oxygen atoms in total. The molecule has 0 radical (unpaired) electrons. The zero-order valence-electron chi connectivity index (χ0n) is 15.4. The zero-order valence-corrected chi connectivity index (χ0v) is 15.4. The number of Topliss-reactive ketones (excluding diaryl/α,β-unsaturated/α-hetero) is 1. The van der Waals surface area contributed by atoms with Gasteiger partial charge in [0.25, 0.3) is 0 Å². The van der Waals surface area contributed by atoms with Crippen LogP contribution in [0.1, 0.15) is 80.3 Å². The quantitative estimate of drug-likeness (QED) is 0.479. The number of hydrogen-bond donors (Lipinski definition) is 2. The Balaban J connectivity index is 1.97.